The van der Waals surface area contributed by atoms with Crippen molar-refractivity contribution in [2.24, 2.45) is 0 Å². The number of benzene rings is 1. The van der Waals surface area contributed by atoms with Crippen LogP contribution in [0.25, 0.3) is 0 Å². The van der Waals surface area contributed by atoms with Gasteiger partial charge in [0.25, 0.3) is 0 Å². The Bertz CT molecular complexity index is 597. The van der Waals surface area contributed by atoms with Crippen LogP contribution in [0.5, 0.6) is 11.5 Å². The summed E-state index contributed by atoms with van der Waals surface area (Å²) < 4.78 is 16.3. The molecule has 1 aliphatic rings. The largest absolute Gasteiger partial charge is 0.491 e. The highest BCUT2D eigenvalue weighted by atomic mass is 16.5. The van der Waals surface area contributed by atoms with E-state index in [2.05, 4.69) is 15.5 Å². The third kappa shape index (κ3) is 2.46. The second-order valence-electron chi connectivity index (χ2n) is 4.60. The van der Waals surface area contributed by atoms with Gasteiger partial charge >= 0.3 is 0 Å². The molecule has 1 atom stereocenters. The van der Waals surface area contributed by atoms with E-state index in [0.29, 0.717) is 18.3 Å². The summed E-state index contributed by atoms with van der Waals surface area (Å²) in [7, 11) is 1.93. The van der Waals surface area contributed by atoms with Crippen LogP contribution in [-0.4, -0.2) is 23.8 Å². The molecule has 2 aromatic rings. The molecule has 0 fully saturated rings. The summed E-state index contributed by atoms with van der Waals surface area (Å²) in [6.45, 7) is 2.91. The van der Waals surface area contributed by atoms with Crippen LogP contribution in [0.4, 0.5) is 0 Å². The number of nitrogens with one attached hydrogen (secondary N) is 1. The van der Waals surface area contributed by atoms with Crippen LogP contribution < -0.4 is 14.8 Å². The first kappa shape index (κ1) is 12.9. The van der Waals surface area contributed by atoms with Gasteiger partial charge < -0.3 is 19.3 Å². The van der Waals surface area contributed by atoms with Gasteiger partial charge in [-0.15, -0.1) is 0 Å². The van der Waals surface area contributed by atoms with E-state index in [-0.39, 0.29) is 12.6 Å². The Hall–Kier alpha value is -2.08. The molecule has 1 N–H and O–H groups in total. The van der Waals surface area contributed by atoms with Crippen LogP contribution in [-0.2, 0) is 13.0 Å². The number of fused-ring (bicyclic) bond motifs is 1. The number of likely N-dealkylation sites (N-methyl/N-ethyl adjacent to an activating group) is 1. The fraction of sp³-hybridized carbons (Fsp3) is 0.429. The average molecular weight is 275 g/mol. The molecule has 20 heavy (non-hydrogen) atoms. The Morgan fingerprint density at radius 1 is 1.45 bits per heavy atom. The average Bonchev–Trinajstić information content (AvgIpc) is 3.10. The molecule has 0 radical (unpaired) electrons. The van der Waals surface area contributed by atoms with Crippen molar-refractivity contribution in [3.8, 4) is 11.5 Å². The van der Waals surface area contributed by atoms with Gasteiger partial charge in [-0.05, 0) is 19.2 Å². The number of hydrogen-bond acceptors (Lipinski definition) is 6. The Balaban J connectivity index is 1.67. The predicted molar refractivity (Wildman–Crippen MR) is 71.7 cm³/mol. The fourth-order valence-electron chi connectivity index (χ4n) is 2.16. The summed E-state index contributed by atoms with van der Waals surface area (Å²) in [4.78, 5) is 4.20. The maximum atomic E-state index is 5.66. The second kappa shape index (κ2) is 5.50. The highest BCUT2D eigenvalue weighted by Crippen LogP contribution is 2.35. The molecular formula is C14H17N3O3. The standard InChI is InChI=1S/C14H17N3O3/c1-3-14-16-13(17-20-14)8-18-9-4-5-10-11(15-2)7-19-12(10)6-9/h4-6,11,15H,3,7-8H2,1-2H3. The van der Waals surface area contributed by atoms with Gasteiger partial charge in [-0.3, -0.25) is 0 Å². The van der Waals surface area contributed by atoms with Crippen molar-refractivity contribution in [3.05, 3.63) is 35.5 Å². The summed E-state index contributed by atoms with van der Waals surface area (Å²) >= 11 is 0. The number of hydrogen-bond donors (Lipinski definition) is 1. The van der Waals surface area contributed by atoms with Gasteiger partial charge in [0.1, 0.15) is 18.1 Å². The van der Waals surface area contributed by atoms with Crippen molar-refractivity contribution >= 4 is 0 Å². The van der Waals surface area contributed by atoms with E-state index in [9.17, 15) is 0 Å². The van der Waals surface area contributed by atoms with Gasteiger partial charge in [0.15, 0.2) is 6.61 Å². The van der Waals surface area contributed by atoms with Gasteiger partial charge in [-0.25, -0.2) is 0 Å². The van der Waals surface area contributed by atoms with Crippen molar-refractivity contribution in [2.45, 2.75) is 26.0 Å². The van der Waals surface area contributed by atoms with Gasteiger partial charge in [-0.1, -0.05) is 12.1 Å². The second-order valence-corrected chi connectivity index (χ2v) is 4.60. The van der Waals surface area contributed by atoms with Gasteiger partial charge in [-0.2, -0.15) is 4.98 Å². The van der Waals surface area contributed by atoms with E-state index in [0.717, 1.165) is 23.5 Å². The SMILES string of the molecule is CCc1nc(COc2ccc3c(c2)OCC3NC)no1. The molecular weight excluding hydrogens is 258 g/mol. The number of rotatable bonds is 5. The molecule has 106 valence electrons. The molecule has 0 spiro atoms. The Labute approximate surface area is 117 Å². The van der Waals surface area contributed by atoms with E-state index in [1.54, 1.807) is 0 Å². The van der Waals surface area contributed by atoms with Crippen molar-refractivity contribution in [2.75, 3.05) is 13.7 Å². The number of ether oxygens (including phenoxy) is 2. The molecule has 1 aromatic heterocycles. The molecule has 1 aromatic carbocycles. The van der Waals surface area contributed by atoms with Crippen molar-refractivity contribution < 1.29 is 14.0 Å². The lowest BCUT2D eigenvalue weighted by molar-refractivity contribution is 0.282. The van der Waals surface area contributed by atoms with Gasteiger partial charge in [0.2, 0.25) is 11.7 Å². The summed E-state index contributed by atoms with van der Waals surface area (Å²) in [6.07, 6.45) is 0.727. The molecule has 0 saturated heterocycles. The lowest BCUT2D eigenvalue weighted by atomic mass is 10.1. The highest BCUT2D eigenvalue weighted by Gasteiger charge is 2.22. The Morgan fingerprint density at radius 2 is 2.35 bits per heavy atom. The summed E-state index contributed by atoms with van der Waals surface area (Å²) in [5, 5.41) is 7.06. The van der Waals surface area contributed by atoms with E-state index in [4.69, 9.17) is 14.0 Å². The summed E-state index contributed by atoms with van der Waals surface area (Å²) in [5.41, 5.74) is 1.16. The maximum absolute atomic E-state index is 5.66. The van der Waals surface area contributed by atoms with Crippen LogP contribution in [0, 0.1) is 0 Å². The summed E-state index contributed by atoms with van der Waals surface area (Å²) in [5.74, 6) is 2.78. The fourth-order valence-corrected chi connectivity index (χ4v) is 2.16. The maximum Gasteiger partial charge on any atom is 0.226 e. The molecule has 0 aliphatic carbocycles. The molecule has 2 heterocycles. The number of aryl methyl sites for hydroxylation is 1. The first-order valence-corrected chi connectivity index (χ1v) is 6.68. The van der Waals surface area contributed by atoms with Crippen LogP contribution in [0.2, 0.25) is 0 Å². The molecule has 0 bridgehead atoms. The molecule has 6 heteroatoms. The molecule has 1 aliphatic heterocycles. The van der Waals surface area contributed by atoms with Crippen LogP contribution in [0.3, 0.4) is 0 Å². The van der Waals surface area contributed by atoms with E-state index in [1.165, 1.54) is 0 Å². The van der Waals surface area contributed by atoms with E-state index < -0.39 is 0 Å². The number of aromatic nitrogens is 2. The third-order valence-electron chi connectivity index (χ3n) is 3.29. The monoisotopic (exact) mass is 275 g/mol. The van der Waals surface area contributed by atoms with Crippen LogP contribution >= 0.6 is 0 Å². The quantitative estimate of drug-likeness (QED) is 0.898. The zero-order valence-corrected chi connectivity index (χ0v) is 11.5. The smallest absolute Gasteiger partial charge is 0.226 e. The zero-order chi connectivity index (χ0) is 13.9. The topological polar surface area (TPSA) is 69.4 Å². The molecule has 6 nitrogen and oxygen atoms in total. The Morgan fingerprint density at radius 3 is 3.10 bits per heavy atom. The zero-order valence-electron chi connectivity index (χ0n) is 11.5. The minimum Gasteiger partial charge on any atom is -0.491 e. The summed E-state index contributed by atoms with van der Waals surface area (Å²) in [6, 6.07) is 6.10. The minimum absolute atomic E-state index is 0.253. The van der Waals surface area contributed by atoms with Crippen molar-refractivity contribution in [1.82, 2.24) is 15.5 Å². The molecule has 3 rings (SSSR count). The Kier molecular flexibility index (Phi) is 3.56. The van der Waals surface area contributed by atoms with E-state index in [1.807, 2.05) is 32.2 Å². The number of nitrogens with zero attached hydrogens (tertiary/aromatic N) is 2. The first-order chi connectivity index (χ1) is 9.80. The van der Waals surface area contributed by atoms with Gasteiger partial charge in [0.05, 0.1) is 6.04 Å². The molecule has 0 saturated carbocycles. The highest BCUT2D eigenvalue weighted by molar-refractivity contribution is 5.44. The lowest BCUT2D eigenvalue weighted by Crippen LogP contribution is -2.17. The first-order valence-electron chi connectivity index (χ1n) is 6.68. The van der Waals surface area contributed by atoms with Crippen LogP contribution in [0.1, 0.15) is 30.2 Å². The van der Waals surface area contributed by atoms with Crippen molar-refractivity contribution in [1.29, 1.82) is 0 Å². The minimum atomic E-state index is 0.253. The molecule has 0 amide bonds. The van der Waals surface area contributed by atoms with Crippen LogP contribution in [0.15, 0.2) is 22.7 Å². The van der Waals surface area contributed by atoms with E-state index >= 15 is 0 Å². The molecule has 1 unspecified atom stereocenters. The van der Waals surface area contributed by atoms with Crippen molar-refractivity contribution in [3.63, 3.8) is 0 Å². The third-order valence-corrected chi connectivity index (χ3v) is 3.29. The van der Waals surface area contributed by atoms with Gasteiger partial charge in [0, 0.05) is 18.1 Å². The normalized spacial score (nSPS) is 16.8. The predicted octanol–water partition coefficient (Wildman–Crippen LogP) is 1.86. The lowest BCUT2D eigenvalue weighted by Gasteiger charge is -2.07.